The van der Waals surface area contributed by atoms with Crippen molar-refractivity contribution in [1.29, 1.82) is 0 Å². The van der Waals surface area contributed by atoms with Crippen LogP contribution in [0.3, 0.4) is 0 Å². The molecule has 2 N–H and O–H groups in total. The minimum absolute atomic E-state index is 0.341. The van der Waals surface area contributed by atoms with E-state index in [1.807, 2.05) is 36.0 Å². The third kappa shape index (κ3) is 3.93. The van der Waals surface area contributed by atoms with Gasteiger partial charge >= 0.3 is 0 Å². The number of hydrogen-bond acceptors (Lipinski definition) is 3. The Labute approximate surface area is 118 Å². The highest BCUT2D eigenvalue weighted by Gasteiger charge is 2.03. The first-order chi connectivity index (χ1) is 9.31. The molecule has 0 atom stereocenters. The second-order valence-electron chi connectivity index (χ2n) is 4.33. The van der Waals surface area contributed by atoms with E-state index < -0.39 is 0 Å². The summed E-state index contributed by atoms with van der Waals surface area (Å²) in [5.74, 6) is 1.46. The van der Waals surface area contributed by atoms with Gasteiger partial charge in [0.15, 0.2) is 0 Å². The Morgan fingerprint density at radius 1 is 1.05 bits per heavy atom. The van der Waals surface area contributed by atoms with Crippen LogP contribution in [-0.4, -0.2) is 10.9 Å². The van der Waals surface area contributed by atoms with Crippen molar-refractivity contribution in [1.82, 2.24) is 0 Å². The second-order valence-corrected chi connectivity index (χ2v) is 5.46. The number of para-hydroxylation sites is 2. The number of anilines is 1. The first-order valence-corrected chi connectivity index (χ1v) is 7.52. The number of aromatic hydroxyl groups is 1. The number of thioether (sulfide) groups is 1. The fourth-order valence-corrected chi connectivity index (χ4v) is 2.70. The van der Waals surface area contributed by atoms with Crippen molar-refractivity contribution >= 4 is 17.4 Å². The molecular weight excluding hydrogens is 254 g/mol. The number of phenols is 1. The van der Waals surface area contributed by atoms with Gasteiger partial charge in [-0.25, -0.2) is 0 Å². The minimum Gasteiger partial charge on any atom is -0.508 e. The highest BCUT2D eigenvalue weighted by molar-refractivity contribution is 7.99. The minimum atomic E-state index is 0.341. The lowest BCUT2D eigenvalue weighted by atomic mass is 10.2. The number of nitrogens with one attached hydrogen (secondary N) is 1. The summed E-state index contributed by atoms with van der Waals surface area (Å²) in [4.78, 5) is 1.26. The molecule has 0 spiro atoms. The molecule has 2 nitrogen and oxygen atoms in total. The summed E-state index contributed by atoms with van der Waals surface area (Å²) in [6, 6.07) is 15.7. The quantitative estimate of drug-likeness (QED) is 0.760. The lowest BCUT2D eigenvalue weighted by Gasteiger charge is -2.12. The Bertz CT molecular complexity index is 528. The van der Waals surface area contributed by atoms with Gasteiger partial charge in [0, 0.05) is 22.7 Å². The normalized spacial score (nSPS) is 10.4. The molecule has 0 heterocycles. The summed E-state index contributed by atoms with van der Waals surface area (Å²) in [6.07, 6.45) is 1.17. The second kappa shape index (κ2) is 7.10. The molecule has 3 heteroatoms. The van der Waals surface area contributed by atoms with Gasteiger partial charge in [0.2, 0.25) is 0 Å². The lowest BCUT2D eigenvalue weighted by Crippen LogP contribution is -2.00. The van der Waals surface area contributed by atoms with Gasteiger partial charge in [-0.2, -0.15) is 0 Å². The maximum absolute atomic E-state index is 9.75. The summed E-state index contributed by atoms with van der Waals surface area (Å²) in [5.41, 5.74) is 2.04. The van der Waals surface area contributed by atoms with Gasteiger partial charge in [0.1, 0.15) is 5.75 Å². The Morgan fingerprint density at radius 3 is 2.58 bits per heavy atom. The molecule has 0 aliphatic carbocycles. The summed E-state index contributed by atoms with van der Waals surface area (Å²) < 4.78 is 0. The van der Waals surface area contributed by atoms with Crippen molar-refractivity contribution in [2.24, 2.45) is 0 Å². The predicted octanol–water partition coefficient (Wildman–Crippen LogP) is 4.51. The van der Waals surface area contributed by atoms with Crippen LogP contribution >= 0.6 is 11.8 Å². The van der Waals surface area contributed by atoms with Crippen LogP contribution in [0.2, 0.25) is 0 Å². The zero-order chi connectivity index (χ0) is 13.5. The molecule has 2 rings (SSSR count). The van der Waals surface area contributed by atoms with Crippen LogP contribution in [-0.2, 0) is 6.54 Å². The zero-order valence-electron chi connectivity index (χ0n) is 11.1. The van der Waals surface area contributed by atoms with Gasteiger partial charge in [-0.1, -0.05) is 37.3 Å². The van der Waals surface area contributed by atoms with Crippen molar-refractivity contribution < 1.29 is 5.11 Å². The van der Waals surface area contributed by atoms with Crippen molar-refractivity contribution in [2.45, 2.75) is 24.8 Å². The highest BCUT2D eigenvalue weighted by atomic mass is 32.2. The molecule has 100 valence electrons. The van der Waals surface area contributed by atoms with E-state index in [-0.39, 0.29) is 0 Å². The number of benzene rings is 2. The van der Waals surface area contributed by atoms with E-state index in [4.69, 9.17) is 0 Å². The summed E-state index contributed by atoms with van der Waals surface area (Å²) in [5, 5.41) is 13.2. The fourth-order valence-electron chi connectivity index (χ4n) is 1.80. The summed E-state index contributed by atoms with van der Waals surface area (Å²) in [6.45, 7) is 2.82. The summed E-state index contributed by atoms with van der Waals surface area (Å²) in [7, 11) is 0. The predicted molar refractivity (Wildman–Crippen MR) is 82.9 cm³/mol. The van der Waals surface area contributed by atoms with Crippen LogP contribution in [0.15, 0.2) is 53.4 Å². The van der Waals surface area contributed by atoms with Gasteiger partial charge in [0.05, 0.1) is 0 Å². The van der Waals surface area contributed by atoms with E-state index in [2.05, 4.69) is 30.4 Å². The Balaban J connectivity index is 2.05. The largest absolute Gasteiger partial charge is 0.508 e. The Morgan fingerprint density at radius 2 is 1.79 bits per heavy atom. The maximum atomic E-state index is 9.75. The Hall–Kier alpha value is -1.61. The molecule has 0 saturated carbocycles. The molecule has 0 aliphatic rings. The summed E-state index contributed by atoms with van der Waals surface area (Å²) >= 11 is 1.86. The lowest BCUT2D eigenvalue weighted by molar-refractivity contribution is 0.469. The average Bonchev–Trinajstić information content (AvgIpc) is 2.45. The standard InChI is InChI=1S/C16H19NOS/c1-2-11-19-16-10-6-4-8-14(16)17-12-13-7-3-5-9-15(13)18/h3-10,17-18H,2,11-12H2,1H3. The van der Waals surface area contributed by atoms with Gasteiger partial charge in [-0.15, -0.1) is 11.8 Å². The molecule has 19 heavy (non-hydrogen) atoms. The van der Waals surface area contributed by atoms with Crippen molar-refractivity contribution in [3.63, 3.8) is 0 Å². The van der Waals surface area contributed by atoms with Crippen molar-refractivity contribution in [3.8, 4) is 5.75 Å². The van der Waals surface area contributed by atoms with E-state index in [9.17, 15) is 5.11 Å². The molecule has 2 aromatic rings. The average molecular weight is 273 g/mol. The molecule has 0 radical (unpaired) electrons. The zero-order valence-corrected chi connectivity index (χ0v) is 11.9. The molecule has 0 bridgehead atoms. The van der Waals surface area contributed by atoms with E-state index >= 15 is 0 Å². The number of hydrogen-bond donors (Lipinski definition) is 2. The smallest absolute Gasteiger partial charge is 0.120 e. The van der Waals surface area contributed by atoms with Crippen LogP contribution in [0.5, 0.6) is 5.75 Å². The molecule has 2 aromatic carbocycles. The number of phenolic OH excluding ortho intramolecular Hbond substituents is 1. The third-order valence-corrected chi connectivity index (χ3v) is 4.09. The van der Waals surface area contributed by atoms with Gasteiger partial charge in [0.25, 0.3) is 0 Å². The van der Waals surface area contributed by atoms with E-state index in [0.717, 1.165) is 17.0 Å². The SMILES string of the molecule is CCCSc1ccccc1NCc1ccccc1O. The maximum Gasteiger partial charge on any atom is 0.120 e. The molecule has 0 aliphatic heterocycles. The van der Waals surface area contributed by atoms with Crippen LogP contribution in [0.1, 0.15) is 18.9 Å². The molecule has 0 unspecified atom stereocenters. The van der Waals surface area contributed by atoms with Gasteiger partial charge in [-0.05, 0) is 30.4 Å². The van der Waals surface area contributed by atoms with E-state index in [0.29, 0.717) is 12.3 Å². The van der Waals surface area contributed by atoms with Crippen molar-refractivity contribution in [2.75, 3.05) is 11.1 Å². The van der Waals surface area contributed by atoms with Crippen LogP contribution in [0.25, 0.3) is 0 Å². The first kappa shape index (κ1) is 13.8. The first-order valence-electron chi connectivity index (χ1n) is 6.54. The van der Waals surface area contributed by atoms with Crippen LogP contribution in [0.4, 0.5) is 5.69 Å². The molecule has 0 amide bonds. The van der Waals surface area contributed by atoms with Crippen molar-refractivity contribution in [3.05, 3.63) is 54.1 Å². The molecule has 0 aromatic heterocycles. The van der Waals surface area contributed by atoms with Gasteiger partial charge in [-0.3, -0.25) is 0 Å². The molecule has 0 saturated heterocycles. The van der Waals surface area contributed by atoms with Crippen LogP contribution < -0.4 is 5.32 Å². The Kier molecular flexibility index (Phi) is 5.16. The highest BCUT2D eigenvalue weighted by Crippen LogP contribution is 2.28. The van der Waals surface area contributed by atoms with Gasteiger partial charge < -0.3 is 10.4 Å². The molecular formula is C16H19NOS. The monoisotopic (exact) mass is 273 g/mol. The van der Waals surface area contributed by atoms with E-state index in [1.54, 1.807) is 6.07 Å². The topological polar surface area (TPSA) is 32.3 Å². The third-order valence-electron chi connectivity index (χ3n) is 2.81. The van der Waals surface area contributed by atoms with Crippen LogP contribution in [0, 0.1) is 0 Å². The number of rotatable bonds is 6. The van der Waals surface area contributed by atoms with E-state index in [1.165, 1.54) is 11.3 Å². The fraction of sp³-hybridized carbons (Fsp3) is 0.250. The molecule has 0 fully saturated rings.